The van der Waals surface area contributed by atoms with Crippen molar-refractivity contribution >= 4 is 15.9 Å². The van der Waals surface area contributed by atoms with Crippen LogP contribution in [-0.4, -0.2) is 13.7 Å². The molecule has 0 radical (unpaired) electrons. The van der Waals surface area contributed by atoms with Crippen LogP contribution in [0.25, 0.3) is 0 Å². The second kappa shape index (κ2) is 4.38. The molecule has 0 heterocycles. The molecule has 0 spiro atoms. The van der Waals surface area contributed by atoms with E-state index >= 15 is 0 Å². The molecule has 0 aliphatic heterocycles. The van der Waals surface area contributed by atoms with Crippen LogP contribution in [0.4, 0.5) is 0 Å². The average Bonchev–Trinajstić information content (AvgIpc) is 2.22. The number of benzene rings is 1. The van der Waals surface area contributed by atoms with E-state index in [2.05, 4.69) is 35.0 Å². The summed E-state index contributed by atoms with van der Waals surface area (Å²) in [7, 11) is 1.72. The highest BCUT2D eigenvalue weighted by Crippen LogP contribution is 2.45. The monoisotopic (exact) mass is 283 g/mol. The van der Waals surface area contributed by atoms with Crippen molar-refractivity contribution in [3.63, 3.8) is 0 Å². The van der Waals surface area contributed by atoms with Crippen LogP contribution in [0.2, 0.25) is 0 Å². The Morgan fingerprint density at radius 1 is 1.44 bits per heavy atom. The van der Waals surface area contributed by atoms with Gasteiger partial charge in [-0.2, -0.15) is 0 Å². The van der Waals surface area contributed by atoms with Gasteiger partial charge in [-0.1, -0.05) is 22.4 Å². The summed E-state index contributed by atoms with van der Waals surface area (Å²) in [6.07, 6.45) is 3.68. The Morgan fingerprint density at radius 2 is 2.12 bits per heavy atom. The van der Waals surface area contributed by atoms with Gasteiger partial charge in [0.1, 0.15) is 5.75 Å². The van der Waals surface area contributed by atoms with E-state index in [4.69, 9.17) is 10.5 Å². The van der Waals surface area contributed by atoms with Gasteiger partial charge in [0.2, 0.25) is 0 Å². The van der Waals surface area contributed by atoms with Crippen molar-refractivity contribution in [3.05, 3.63) is 27.7 Å². The van der Waals surface area contributed by atoms with Crippen LogP contribution in [0.3, 0.4) is 0 Å². The summed E-state index contributed by atoms with van der Waals surface area (Å²) < 4.78 is 6.52. The number of methoxy groups -OCH3 is 1. The van der Waals surface area contributed by atoms with E-state index in [1.165, 1.54) is 24.8 Å². The third-order valence-corrected chi connectivity index (χ3v) is 4.65. The molecule has 1 aliphatic rings. The zero-order valence-electron chi connectivity index (χ0n) is 9.85. The Kier molecular flexibility index (Phi) is 3.27. The van der Waals surface area contributed by atoms with Crippen LogP contribution < -0.4 is 10.5 Å². The fourth-order valence-electron chi connectivity index (χ4n) is 2.39. The maximum Gasteiger partial charge on any atom is 0.123 e. The van der Waals surface area contributed by atoms with E-state index in [1.54, 1.807) is 7.11 Å². The summed E-state index contributed by atoms with van der Waals surface area (Å²) in [4.78, 5) is 0. The van der Waals surface area contributed by atoms with Gasteiger partial charge in [-0.25, -0.2) is 0 Å². The van der Waals surface area contributed by atoms with Crippen LogP contribution in [0.15, 0.2) is 16.6 Å². The summed E-state index contributed by atoms with van der Waals surface area (Å²) >= 11 is 3.59. The van der Waals surface area contributed by atoms with Crippen LogP contribution in [0, 0.1) is 6.92 Å². The average molecular weight is 284 g/mol. The maximum atomic E-state index is 5.92. The molecule has 88 valence electrons. The third kappa shape index (κ3) is 1.76. The molecule has 16 heavy (non-hydrogen) atoms. The Morgan fingerprint density at radius 3 is 2.56 bits per heavy atom. The molecule has 1 aliphatic carbocycles. The molecule has 0 bridgehead atoms. The van der Waals surface area contributed by atoms with Crippen LogP contribution in [0.1, 0.15) is 30.4 Å². The van der Waals surface area contributed by atoms with Crippen molar-refractivity contribution in [2.75, 3.05) is 13.7 Å². The first-order chi connectivity index (χ1) is 7.63. The predicted octanol–water partition coefficient (Wildman–Crippen LogP) is 3.15. The first-order valence-electron chi connectivity index (χ1n) is 5.67. The molecule has 0 saturated heterocycles. The molecule has 3 heteroatoms. The smallest absolute Gasteiger partial charge is 0.123 e. The lowest BCUT2D eigenvalue weighted by Gasteiger charge is -2.42. The van der Waals surface area contributed by atoms with E-state index in [0.717, 1.165) is 22.3 Å². The standard InChI is InChI=1S/C13H18BrNO/c1-9-11(14)6-10(7-12(9)16-2)13(8-15)4-3-5-13/h6-7H,3-5,8,15H2,1-2H3. The fraction of sp³-hybridized carbons (Fsp3) is 0.538. The van der Waals surface area contributed by atoms with Crippen LogP contribution in [-0.2, 0) is 5.41 Å². The molecule has 2 nitrogen and oxygen atoms in total. The number of rotatable bonds is 3. The maximum absolute atomic E-state index is 5.92. The number of ether oxygens (including phenoxy) is 1. The molecule has 2 rings (SSSR count). The van der Waals surface area contributed by atoms with Crippen molar-refractivity contribution < 1.29 is 4.74 Å². The number of nitrogens with two attached hydrogens (primary N) is 1. The van der Waals surface area contributed by atoms with Crippen molar-refractivity contribution in [2.24, 2.45) is 5.73 Å². The van der Waals surface area contributed by atoms with E-state index < -0.39 is 0 Å². The Balaban J connectivity index is 2.45. The molecule has 0 unspecified atom stereocenters. The van der Waals surface area contributed by atoms with Crippen LogP contribution >= 0.6 is 15.9 Å². The SMILES string of the molecule is COc1cc(C2(CN)CCC2)cc(Br)c1C. The van der Waals surface area contributed by atoms with Crippen molar-refractivity contribution in [1.82, 2.24) is 0 Å². The first-order valence-corrected chi connectivity index (χ1v) is 6.47. The van der Waals surface area contributed by atoms with Gasteiger partial charge in [-0.3, -0.25) is 0 Å². The summed E-state index contributed by atoms with van der Waals surface area (Å²) in [5.74, 6) is 0.948. The molecular formula is C13H18BrNO. The van der Waals surface area contributed by atoms with Crippen LogP contribution in [0.5, 0.6) is 5.75 Å². The Hall–Kier alpha value is -0.540. The van der Waals surface area contributed by atoms with E-state index in [9.17, 15) is 0 Å². The van der Waals surface area contributed by atoms with E-state index in [0.29, 0.717) is 0 Å². The van der Waals surface area contributed by atoms with Crippen molar-refractivity contribution in [2.45, 2.75) is 31.6 Å². The van der Waals surface area contributed by atoms with Gasteiger partial charge in [0.25, 0.3) is 0 Å². The first kappa shape index (κ1) is 11.9. The van der Waals surface area contributed by atoms with Crippen molar-refractivity contribution in [1.29, 1.82) is 0 Å². The zero-order chi connectivity index (χ0) is 11.8. The largest absolute Gasteiger partial charge is 0.496 e. The van der Waals surface area contributed by atoms with Gasteiger partial charge in [-0.05, 0) is 37.5 Å². The van der Waals surface area contributed by atoms with E-state index in [1.807, 2.05) is 0 Å². The quantitative estimate of drug-likeness (QED) is 0.925. The van der Waals surface area contributed by atoms with Gasteiger partial charge in [0, 0.05) is 22.0 Å². The molecule has 1 aromatic carbocycles. The minimum Gasteiger partial charge on any atom is -0.496 e. The number of hydrogen-bond acceptors (Lipinski definition) is 2. The highest BCUT2D eigenvalue weighted by Gasteiger charge is 2.37. The lowest BCUT2D eigenvalue weighted by Crippen LogP contribution is -2.41. The predicted molar refractivity (Wildman–Crippen MR) is 70.0 cm³/mol. The molecule has 1 fully saturated rings. The summed E-state index contributed by atoms with van der Waals surface area (Å²) in [5.41, 5.74) is 8.59. The summed E-state index contributed by atoms with van der Waals surface area (Å²) in [5, 5.41) is 0. The highest BCUT2D eigenvalue weighted by atomic mass is 79.9. The molecule has 0 atom stereocenters. The molecular weight excluding hydrogens is 266 g/mol. The molecule has 2 N–H and O–H groups in total. The van der Waals surface area contributed by atoms with Crippen molar-refractivity contribution in [3.8, 4) is 5.75 Å². The number of halogens is 1. The van der Waals surface area contributed by atoms with Gasteiger partial charge in [0.05, 0.1) is 7.11 Å². The van der Waals surface area contributed by atoms with Gasteiger partial charge >= 0.3 is 0 Å². The van der Waals surface area contributed by atoms with Gasteiger partial charge in [-0.15, -0.1) is 0 Å². The lowest BCUT2D eigenvalue weighted by atomic mass is 9.64. The minimum atomic E-state index is 0.198. The fourth-order valence-corrected chi connectivity index (χ4v) is 2.83. The zero-order valence-corrected chi connectivity index (χ0v) is 11.4. The van der Waals surface area contributed by atoms with Gasteiger partial charge in [0.15, 0.2) is 0 Å². The lowest BCUT2D eigenvalue weighted by molar-refractivity contribution is 0.252. The molecule has 0 aromatic heterocycles. The normalized spacial score (nSPS) is 18.0. The summed E-state index contributed by atoms with van der Waals surface area (Å²) in [6.45, 7) is 2.79. The Bertz CT molecular complexity index is 394. The second-order valence-electron chi connectivity index (χ2n) is 4.62. The highest BCUT2D eigenvalue weighted by molar-refractivity contribution is 9.10. The van der Waals surface area contributed by atoms with E-state index in [-0.39, 0.29) is 5.41 Å². The summed E-state index contributed by atoms with van der Waals surface area (Å²) in [6, 6.07) is 4.34. The minimum absolute atomic E-state index is 0.198. The third-order valence-electron chi connectivity index (χ3n) is 3.83. The van der Waals surface area contributed by atoms with Gasteiger partial charge < -0.3 is 10.5 Å². The molecule has 1 aromatic rings. The number of hydrogen-bond donors (Lipinski definition) is 1. The topological polar surface area (TPSA) is 35.2 Å². The molecule has 1 saturated carbocycles. The second-order valence-corrected chi connectivity index (χ2v) is 5.48. The molecule has 0 amide bonds. The Labute approximate surface area is 105 Å².